The fourth-order valence-electron chi connectivity index (χ4n) is 4.24. The number of esters is 1. The third-order valence-corrected chi connectivity index (χ3v) is 6.14. The highest BCUT2D eigenvalue weighted by molar-refractivity contribution is 6.31. The van der Waals surface area contributed by atoms with Crippen LogP contribution in [0.5, 0.6) is 0 Å². The number of aryl methyl sites for hydroxylation is 1. The summed E-state index contributed by atoms with van der Waals surface area (Å²) in [5, 5.41) is 12.9. The van der Waals surface area contributed by atoms with Crippen LogP contribution in [0.25, 0.3) is 23.1 Å². The van der Waals surface area contributed by atoms with Crippen molar-refractivity contribution in [2.45, 2.75) is 38.3 Å². The van der Waals surface area contributed by atoms with Crippen LogP contribution in [-0.4, -0.2) is 33.9 Å². The number of nitrogens with zero attached hydrogens (tertiary/aromatic N) is 2. The Kier molecular flexibility index (Phi) is 6.25. The summed E-state index contributed by atoms with van der Waals surface area (Å²) >= 11 is 6.10. The average molecular weight is 427 g/mol. The Hall–Kier alpha value is -2.57. The number of aromatic amines is 1. The quantitative estimate of drug-likeness (QED) is 0.567. The van der Waals surface area contributed by atoms with Crippen LogP contribution in [0.2, 0.25) is 5.02 Å². The fraction of sp³-hybridized carbons (Fsp3) is 0.391. The van der Waals surface area contributed by atoms with Gasteiger partial charge in [-0.25, -0.2) is 0 Å². The van der Waals surface area contributed by atoms with Gasteiger partial charge < -0.3 is 14.6 Å². The minimum atomic E-state index is -0.0916. The molecule has 0 bridgehead atoms. The van der Waals surface area contributed by atoms with Crippen molar-refractivity contribution in [1.82, 2.24) is 20.1 Å². The monoisotopic (exact) mass is 426 g/mol. The number of fused-ring (bicyclic) bond motifs is 1. The molecule has 4 rings (SSSR count). The second kappa shape index (κ2) is 9.06. The standard InChI is InChI=1S/C23H27ClN4O2/c1-28-21(12-16-10-17(24)6-9-22(16)28)8-7-19-13-20(27-26-19)14-25-18-5-3-4-15(11-18)23(29)30-2/h6-10,12-13,15,18,25H,3-5,11,14H2,1-2H3,(H,26,27)/b8-7+. The second-order valence-corrected chi connectivity index (χ2v) is 8.38. The lowest BCUT2D eigenvalue weighted by atomic mass is 9.85. The maximum Gasteiger partial charge on any atom is 0.308 e. The van der Waals surface area contributed by atoms with Crippen LogP contribution < -0.4 is 5.32 Å². The van der Waals surface area contributed by atoms with E-state index in [1.54, 1.807) is 0 Å². The first-order valence-corrected chi connectivity index (χ1v) is 10.7. The molecule has 2 aromatic heterocycles. The fourth-order valence-corrected chi connectivity index (χ4v) is 4.42. The molecule has 2 N–H and O–H groups in total. The summed E-state index contributed by atoms with van der Waals surface area (Å²) < 4.78 is 7.04. The van der Waals surface area contributed by atoms with E-state index in [2.05, 4.69) is 32.2 Å². The number of carbonyl (C=O) groups excluding carboxylic acids is 1. The highest BCUT2D eigenvalue weighted by Gasteiger charge is 2.27. The molecular weight excluding hydrogens is 400 g/mol. The number of carbonyl (C=O) groups is 1. The van der Waals surface area contributed by atoms with Gasteiger partial charge in [0.25, 0.3) is 0 Å². The van der Waals surface area contributed by atoms with E-state index in [0.717, 1.165) is 58.7 Å². The van der Waals surface area contributed by atoms with Gasteiger partial charge in [0.2, 0.25) is 0 Å². The number of methoxy groups -OCH3 is 1. The van der Waals surface area contributed by atoms with Gasteiger partial charge in [0.15, 0.2) is 0 Å². The number of H-pyrrole nitrogens is 1. The number of hydrogen-bond donors (Lipinski definition) is 2. The average Bonchev–Trinajstić information content (AvgIpc) is 3.34. The molecule has 0 radical (unpaired) electrons. The Labute approximate surface area is 181 Å². The highest BCUT2D eigenvalue weighted by Crippen LogP contribution is 2.26. The van der Waals surface area contributed by atoms with E-state index in [1.807, 2.05) is 37.4 Å². The molecule has 1 aliphatic carbocycles. The molecule has 3 aromatic rings. The van der Waals surface area contributed by atoms with Gasteiger partial charge in [0.05, 0.1) is 18.7 Å². The summed E-state index contributed by atoms with van der Waals surface area (Å²) in [5.74, 6) is -0.0803. The number of ether oxygens (including phenoxy) is 1. The lowest BCUT2D eigenvalue weighted by molar-refractivity contribution is -0.146. The van der Waals surface area contributed by atoms with E-state index in [4.69, 9.17) is 16.3 Å². The number of nitrogens with one attached hydrogen (secondary N) is 2. The summed E-state index contributed by atoms with van der Waals surface area (Å²) in [5.41, 5.74) is 4.14. The summed E-state index contributed by atoms with van der Waals surface area (Å²) in [6.07, 6.45) is 7.94. The molecule has 6 nitrogen and oxygen atoms in total. The predicted octanol–water partition coefficient (Wildman–Crippen LogP) is 4.55. The Morgan fingerprint density at radius 1 is 1.33 bits per heavy atom. The van der Waals surface area contributed by atoms with Crippen molar-refractivity contribution in [1.29, 1.82) is 0 Å². The molecule has 0 spiro atoms. The van der Waals surface area contributed by atoms with Crippen LogP contribution in [0.15, 0.2) is 30.3 Å². The molecule has 7 heteroatoms. The second-order valence-electron chi connectivity index (χ2n) is 7.95. The molecule has 0 amide bonds. The Morgan fingerprint density at radius 3 is 3.03 bits per heavy atom. The molecule has 1 aliphatic rings. The first kappa shape index (κ1) is 20.7. The molecule has 2 heterocycles. The van der Waals surface area contributed by atoms with Crippen molar-refractivity contribution < 1.29 is 9.53 Å². The van der Waals surface area contributed by atoms with Crippen molar-refractivity contribution in [3.05, 3.63) is 52.4 Å². The third-order valence-electron chi connectivity index (χ3n) is 5.91. The van der Waals surface area contributed by atoms with E-state index < -0.39 is 0 Å². The molecule has 30 heavy (non-hydrogen) atoms. The zero-order valence-corrected chi connectivity index (χ0v) is 18.1. The van der Waals surface area contributed by atoms with Crippen molar-refractivity contribution in [3.63, 3.8) is 0 Å². The molecule has 1 saturated carbocycles. The first-order valence-electron chi connectivity index (χ1n) is 10.3. The zero-order valence-electron chi connectivity index (χ0n) is 17.3. The first-order chi connectivity index (χ1) is 14.5. The summed E-state index contributed by atoms with van der Waals surface area (Å²) in [6.45, 7) is 0.700. The third kappa shape index (κ3) is 4.60. The van der Waals surface area contributed by atoms with Crippen LogP contribution in [0, 0.1) is 5.92 Å². The topological polar surface area (TPSA) is 71.9 Å². The maximum atomic E-state index is 11.8. The Balaban J connectivity index is 1.36. The number of benzene rings is 1. The van der Waals surface area contributed by atoms with E-state index >= 15 is 0 Å². The molecule has 1 aromatic carbocycles. The van der Waals surface area contributed by atoms with Gasteiger partial charge in [-0.2, -0.15) is 5.10 Å². The van der Waals surface area contributed by atoms with Gasteiger partial charge in [0, 0.05) is 46.9 Å². The van der Waals surface area contributed by atoms with Gasteiger partial charge >= 0.3 is 5.97 Å². The number of rotatable bonds is 6. The minimum absolute atomic E-state index is 0.0113. The lowest BCUT2D eigenvalue weighted by Gasteiger charge is -2.28. The van der Waals surface area contributed by atoms with Gasteiger partial charge in [-0.15, -0.1) is 0 Å². The summed E-state index contributed by atoms with van der Waals surface area (Å²) in [4.78, 5) is 11.8. The van der Waals surface area contributed by atoms with Gasteiger partial charge in [-0.05, 0) is 61.7 Å². The Bertz CT molecular complexity index is 1070. The van der Waals surface area contributed by atoms with E-state index in [1.165, 1.54) is 7.11 Å². The van der Waals surface area contributed by atoms with Crippen molar-refractivity contribution >= 4 is 40.6 Å². The van der Waals surface area contributed by atoms with Crippen LogP contribution in [-0.2, 0) is 23.1 Å². The lowest BCUT2D eigenvalue weighted by Crippen LogP contribution is -2.36. The normalized spacial score (nSPS) is 19.6. The molecule has 1 fully saturated rings. The van der Waals surface area contributed by atoms with Crippen molar-refractivity contribution in [3.8, 4) is 0 Å². The maximum absolute atomic E-state index is 11.8. The highest BCUT2D eigenvalue weighted by atomic mass is 35.5. The predicted molar refractivity (Wildman–Crippen MR) is 120 cm³/mol. The van der Waals surface area contributed by atoms with Crippen LogP contribution >= 0.6 is 11.6 Å². The van der Waals surface area contributed by atoms with E-state index in [9.17, 15) is 4.79 Å². The largest absolute Gasteiger partial charge is 0.469 e. The molecule has 2 atom stereocenters. The SMILES string of the molecule is COC(=O)C1CCCC(NCc2cc(/C=C/c3cc4cc(Cl)ccc4n3C)n[nH]2)C1. The van der Waals surface area contributed by atoms with Crippen LogP contribution in [0.3, 0.4) is 0 Å². The Morgan fingerprint density at radius 2 is 2.20 bits per heavy atom. The van der Waals surface area contributed by atoms with Gasteiger partial charge in [-0.3, -0.25) is 9.89 Å². The van der Waals surface area contributed by atoms with Crippen LogP contribution in [0.4, 0.5) is 0 Å². The molecule has 0 aliphatic heterocycles. The molecular formula is C23H27ClN4O2. The van der Waals surface area contributed by atoms with E-state index in [0.29, 0.717) is 12.6 Å². The summed E-state index contributed by atoms with van der Waals surface area (Å²) in [7, 11) is 3.51. The summed E-state index contributed by atoms with van der Waals surface area (Å²) in [6, 6.07) is 10.4. The molecule has 2 unspecified atom stereocenters. The number of hydrogen-bond acceptors (Lipinski definition) is 4. The van der Waals surface area contributed by atoms with Crippen LogP contribution in [0.1, 0.15) is 42.8 Å². The van der Waals surface area contributed by atoms with E-state index in [-0.39, 0.29) is 11.9 Å². The molecule has 158 valence electrons. The van der Waals surface area contributed by atoms with Gasteiger partial charge in [-0.1, -0.05) is 18.0 Å². The number of aromatic nitrogens is 3. The molecule has 0 saturated heterocycles. The van der Waals surface area contributed by atoms with Gasteiger partial charge in [0.1, 0.15) is 0 Å². The zero-order chi connectivity index (χ0) is 21.1. The van der Waals surface area contributed by atoms with Crippen molar-refractivity contribution in [2.75, 3.05) is 7.11 Å². The van der Waals surface area contributed by atoms with Crippen molar-refractivity contribution in [2.24, 2.45) is 13.0 Å². The smallest absolute Gasteiger partial charge is 0.308 e. The minimum Gasteiger partial charge on any atom is -0.469 e. The number of halogens is 1.